The van der Waals surface area contributed by atoms with Gasteiger partial charge in [0.2, 0.25) is 5.95 Å². The molecular formula is C7H12FN3. The third-order valence-corrected chi connectivity index (χ3v) is 1.58. The number of aromatic nitrogens is 2. The molecule has 1 N–H and O–H groups in total. The van der Waals surface area contributed by atoms with Crippen molar-refractivity contribution in [2.75, 3.05) is 13.6 Å². The Labute approximate surface area is 65.2 Å². The summed E-state index contributed by atoms with van der Waals surface area (Å²) >= 11 is 0. The molecular weight excluding hydrogens is 145 g/mol. The first-order valence-corrected chi connectivity index (χ1v) is 3.56. The van der Waals surface area contributed by atoms with Gasteiger partial charge in [-0.05, 0) is 20.0 Å². The van der Waals surface area contributed by atoms with E-state index in [1.165, 1.54) is 4.68 Å². The molecule has 0 atom stereocenters. The van der Waals surface area contributed by atoms with Crippen LogP contribution in [0, 0.1) is 5.95 Å². The zero-order valence-corrected chi connectivity index (χ0v) is 6.76. The van der Waals surface area contributed by atoms with Crippen LogP contribution in [-0.4, -0.2) is 23.4 Å². The molecule has 0 aliphatic carbocycles. The van der Waals surface area contributed by atoms with E-state index in [0.29, 0.717) is 12.0 Å². The fraction of sp³-hybridized carbons (Fsp3) is 0.571. The lowest BCUT2D eigenvalue weighted by molar-refractivity contribution is 0.494. The molecule has 62 valence electrons. The Bertz CT molecular complexity index is 232. The number of nitrogens with one attached hydrogen (secondary N) is 1. The Morgan fingerprint density at radius 2 is 2.45 bits per heavy atom. The maximum Gasteiger partial charge on any atom is 0.214 e. The molecule has 1 aromatic rings. The second-order valence-electron chi connectivity index (χ2n) is 2.44. The van der Waals surface area contributed by atoms with Crippen LogP contribution < -0.4 is 5.32 Å². The van der Waals surface area contributed by atoms with E-state index in [4.69, 9.17) is 0 Å². The van der Waals surface area contributed by atoms with E-state index in [0.717, 1.165) is 6.54 Å². The van der Waals surface area contributed by atoms with E-state index >= 15 is 0 Å². The van der Waals surface area contributed by atoms with Crippen molar-refractivity contribution < 1.29 is 4.39 Å². The van der Waals surface area contributed by atoms with Crippen molar-refractivity contribution in [1.82, 2.24) is 15.1 Å². The summed E-state index contributed by atoms with van der Waals surface area (Å²) in [6.45, 7) is 0.780. The highest BCUT2D eigenvalue weighted by molar-refractivity contribution is 5.06. The highest BCUT2D eigenvalue weighted by atomic mass is 19.1. The fourth-order valence-corrected chi connectivity index (χ4v) is 0.895. The molecule has 0 saturated heterocycles. The summed E-state index contributed by atoms with van der Waals surface area (Å²) < 4.78 is 14.2. The van der Waals surface area contributed by atoms with E-state index in [9.17, 15) is 4.39 Å². The number of likely N-dealkylation sites (N-methyl/N-ethyl adjacent to an activating group) is 1. The maximum atomic E-state index is 13.0. The highest BCUT2D eigenvalue weighted by Crippen LogP contribution is 2.04. The molecule has 11 heavy (non-hydrogen) atoms. The predicted octanol–water partition coefficient (Wildman–Crippen LogP) is 0.321. The van der Waals surface area contributed by atoms with E-state index in [1.807, 2.05) is 7.05 Å². The second-order valence-corrected chi connectivity index (χ2v) is 2.44. The lowest BCUT2D eigenvalue weighted by Gasteiger charge is -1.95. The zero-order chi connectivity index (χ0) is 8.27. The second kappa shape index (κ2) is 3.48. The Hall–Kier alpha value is -0.900. The monoisotopic (exact) mass is 157 g/mol. The highest BCUT2D eigenvalue weighted by Gasteiger charge is 2.05. The minimum atomic E-state index is -0.236. The molecule has 0 aliphatic heterocycles. The quantitative estimate of drug-likeness (QED) is 0.684. The third-order valence-electron chi connectivity index (χ3n) is 1.58. The summed E-state index contributed by atoms with van der Waals surface area (Å²) in [6, 6.07) is 0. The van der Waals surface area contributed by atoms with Crippen LogP contribution in [0.4, 0.5) is 4.39 Å². The van der Waals surface area contributed by atoms with Crippen LogP contribution in [0.3, 0.4) is 0 Å². The lowest BCUT2D eigenvalue weighted by atomic mass is 10.2. The summed E-state index contributed by atoms with van der Waals surface area (Å²) in [7, 11) is 3.44. The molecule has 0 saturated carbocycles. The van der Waals surface area contributed by atoms with Crippen molar-refractivity contribution in [3.05, 3.63) is 17.7 Å². The topological polar surface area (TPSA) is 29.9 Å². The van der Waals surface area contributed by atoms with E-state index in [2.05, 4.69) is 10.4 Å². The Morgan fingerprint density at radius 3 is 2.91 bits per heavy atom. The molecule has 0 spiro atoms. The van der Waals surface area contributed by atoms with Crippen molar-refractivity contribution in [3.8, 4) is 0 Å². The molecule has 1 rings (SSSR count). The summed E-state index contributed by atoms with van der Waals surface area (Å²) in [5.41, 5.74) is 0.668. The summed E-state index contributed by atoms with van der Waals surface area (Å²) in [6.07, 6.45) is 2.25. The molecule has 3 nitrogen and oxygen atoms in total. The van der Waals surface area contributed by atoms with Gasteiger partial charge in [-0.25, -0.2) is 4.68 Å². The van der Waals surface area contributed by atoms with Crippen molar-refractivity contribution in [2.45, 2.75) is 6.42 Å². The van der Waals surface area contributed by atoms with Crippen LogP contribution in [0.1, 0.15) is 5.56 Å². The van der Waals surface area contributed by atoms with Gasteiger partial charge in [0.05, 0.1) is 6.20 Å². The van der Waals surface area contributed by atoms with Gasteiger partial charge in [-0.1, -0.05) is 0 Å². The number of halogens is 1. The number of nitrogens with zero attached hydrogens (tertiary/aromatic N) is 2. The Balaban J connectivity index is 2.63. The van der Waals surface area contributed by atoms with Crippen LogP contribution >= 0.6 is 0 Å². The number of rotatable bonds is 3. The first-order valence-electron chi connectivity index (χ1n) is 3.56. The standard InChI is InChI=1S/C7H12FN3/c1-9-4-3-6-5-10-11(2)7(6)8/h5,9H,3-4H2,1-2H3. The van der Waals surface area contributed by atoms with Gasteiger partial charge in [-0.2, -0.15) is 9.49 Å². The van der Waals surface area contributed by atoms with Gasteiger partial charge in [-0.3, -0.25) is 0 Å². The Kier molecular flexibility index (Phi) is 2.59. The van der Waals surface area contributed by atoms with Gasteiger partial charge in [0.1, 0.15) is 0 Å². The normalized spacial score (nSPS) is 10.5. The molecule has 0 radical (unpaired) electrons. The van der Waals surface area contributed by atoms with Gasteiger partial charge >= 0.3 is 0 Å². The first-order chi connectivity index (χ1) is 5.25. The fourth-order valence-electron chi connectivity index (χ4n) is 0.895. The molecule has 4 heteroatoms. The number of hydrogen-bond donors (Lipinski definition) is 1. The van der Waals surface area contributed by atoms with Crippen LogP contribution in [0.25, 0.3) is 0 Å². The minimum Gasteiger partial charge on any atom is -0.319 e. The van der Waals surface area contributed by atoms with Crippen molar-refractivity contribution in [3.63, 3.8) is 0 Å². The molecule has 1 heterocycles. The molecule has 1 aromatic heterocycles. The van der Waals surface area contributed by atoms with Crippen LogP contribution in [-0.2, 0) is 13.5 Å². The summed E-state index contributed by atoms with van der Waals surface area (Å²) in [5.74, 6) is -0.236. The largest absolute Gasteiger partial charge is 0.319 e. The van der Waals surface area contributed by atoms with Crippen molar-refractivity contribution in [1.29, 1.82) is 0 Å². The molecule has 0 amide bonds. The molecule has 0 aliphatic rings. The predicted molar refractivity (Wildman–Crippen MR) is 40.8 cm³/mol. The SMILES string of the molecule is CNCCc1cnn(C)c1F. The van der Waals surface area contributed by atoms with Gasteiger partial charge < -0.3 is 5.32 Å². The van der Waals surface area contributed by atoms with Crippen molar-refractivity contribution >= 4 is 0 Å². The first kappa shape index (κ1) is 8.20. The minimum absolute atomic E-state index is 0.236. The summed E-state index contributed by atoms with van der Waals surface area (Å²) in [4.78, 5) is 0. The summed E-state index contributed by atoms with van der Waals surface area (Å²) in [5, 5.41) is 6.73. The van der Waals surface area contributed by atoms with Gasteiger partial charge in [0, 0.05) is 12.6 Å². The average Bonchev–Trinajstić information content (AvgIpc) is 2.31. The van der Waals surface area contributed by atoms with Crippen LogP contribution in [0.2, 0.25) is 0 Å². The van der Waals surface area contributed by atoms with E-state index < -0.39 is 0 Å². The maximum absolute atomic E-state index is 13.0. The van der Waals surface area contributed by atoms with E-state index in [1.54, 1.807) is 13.2 Å². The van der Waals surface area contributed by atoms with Crippen molar-refractivity contribution in [2.24, 2.45) is 7.05 Å². The average molecular weight is 157 g/mol. The molecule has 0 unspecified atom stereocenters. The van der Waals surface area contributed by atoms with Gasteiger partial charge in [0.25, 0.3) is 0 Å². The lowest BCUT2D eigenvalue weighted by Crippen LogP contribution is -2.10. The van der Waals surface area contributed by atoms with Gasteiger partial charge in [-0.15, -0.1) is 0 Å². The smallest absolute Gasteiger partial charge is 0.214 e. The van der Waals surface area contributed by atoms with E-state index in [-0.39, 0.29) is 5.95 Å². The van der Waals surface area contributed by atoms with Crippen LogP contribution in [0.15, 0.2) is 6.20 Å². The van der Waals surface area contributed by atoms with Crippen LogP contribution in [0.5, 0.6) is 0 Å². The zero-order valence-electron chi connectivity index (χ0n) is 6.76. The molecule has 0 fully saturated rings. The van der Waals surface area contributed by atoms with Gasteiger partial charge in [0.15, 0.2) is 0 Å². The number of aryl methyl sites for hydroxylation is 1. The number of hydrogen-bond acceptors (Lipinski definition) is 2. The Morgan fingerprint density at radius 1 is 1.73 bits per heavy atom. The third kappa shape index (κ3) is 1.77. The molecule has 0 aromatic carbocycles. The molecule has 0 bridgehead atoms.